The Morgan fingerprint density at radius 3 is 2.62 bits per heavy atom. The van der Waals surface area contributed by atoms with E-state index < -0.39 is 0 Å². The van der Waals surface area contributed by atoms with Gasteiger partial charge in [-0.05, 0) is 32.1 Å². The molecule has 2 aliphatic rings. The van der Waals surface area contributed by atoms with E-state index in [0.717, 1.165) is 31.7 Å². The van der Waals surface area contributed by atoms with Crippen LogP contribution >= 0.6 is 23.4 Å². The number of nitrogens with one attached hydrogen (secondary N) is 1. The molecule has 24 heavy (non-hydrogen) atoms. The Hall–Kier alpha value is -1.01. The number of carbonyl (C=O) groups excluding carboxylic acids is 1. The molecule has 2 heterocycles. The van der Waals surface area contributed by atoms with Gasteiger partial charge in [0.1, 0.15) is 11.0 Å². The predicted octanol–water partition coefficient (Wildman–Crippen LogP) is 3.66. The van der Waals surface area contributed by atoms with Crippen molar-refractivity contribution in [1.82, 2.24) is 15.3 Å². The summed E-state index contributed by atoms with van der Waals surface area (Å²) in [5.74, 6) is 1.29. The molecule has 1 N–H and O–H groups in total. The van der Waals surface area contributed by atoms with Crippen LogP contribution in [0.4, 0.5) is 5.82 Å². The molecular formula is C17H25ClN4OS. The van der Waals surface area contributed by atoms with Crippen LogP contribution in [0.25, 0.3) is 0 Å². The van der Waals surface area contributed by atoms with Crippen LogP contribution in [0.5, 0.6) is 0 Å². The number of halogens is 1. The van der Waals surface area contributed by atoms with E-state index in [-0.39, 0.29) is 5.91 Å². The van der Waals surface area contributed by atoms with Crippen molar-refractivity contribution in [2.75, 3.05) is 23.7 Å². The van der Waals surface area contributed by atoms with E-state index in [1.807, 2.05) is 6.07 Å². The Bertz CT molecular complexity index is 560. The van der Waals surface area contributed by atoms with E-state index >= 15 is 0 Å². The van der Waals surface area contributed by atoms with Crippen LogP contribution < -0.4 is 10.2 Å². The summed E-state index contributed by atoms with van der Waals surface area (Å²) in [5.41, 5.74) is 0. The van der Waals surface area contributed by atoms with Crippen LogP contribution in [0, 0.1) is 0 Å². The van der Waals surface area contributed by atoms with Gasteiger partial charge >= 0.3 is 0 Å². The Morgan fingerprint density at radius 1 is 1.17 bits per heavy atom. The normalized spacial score (nSPS) is 19.3. The summed E-state index contributed by atoms with van der Waals surface area (Å²) in [6.45, 7) is 2.03. The molecule has 1 aromatic rings. The lowest BCUT2D eigenvalue weighted by atomic mass is 9.95. The molecule has 132 valence electrons. The highest BCUT2D eigenvalue weighted by Crippen LogP contribution is 2.24. The summed E-state index contributed by atoms with van der Waals surface area (Å²) in [6.07, 6.45) is 9.58. The molecule has 7 heteroatoms. The van der Waals surface area contributed by atoms with Gasteiger partial charge in [0.25, 0.3) is 0 Å². The number of rotatable bonds is 5. The van der Waals surface area contributed by atoms with Crippen molar-refractivity contribution in [1.29, 1.82) is 0 Å². The number of nitrogens with zero attached hydrogens (tertiary/aromatic N) is 3. The lowest BCUT2D eigenvalue weighted by molar-refractivity contribution is -0.119. The van der Waals surface area contributed by atoms with E-state index in [1.165, 1.54) is 50.3 Å². The molecule has 1 saturated carbocycles. The number of piperidine rings is 1. The first-order valence-electron chi connectivity index (χ1n) is 8.92. The van der Waals surface area contributed by atoms with E-state index in [9.17, 15) is 4.79 Å². The highest BCUT2D eigenvalue weighted by atomic mass is 35.5. The van der Waals surface area contributed by atoms with Gasteiger partial charge in [0.05, 0.1) is 5.75 Å². The quantitative estimate of drug-likeness (QED) is 0.488. The number of hydrogen-bond acceptors (Lipinski definition) is 5. The summed E-state index contributed by atoms with van der Waals surface area (Å²) in [7, 11) is 0. The van der Waals surface area contributed by atoms with Gasteiger partial charge in [-0.15, -0.1) is 0 Å². The minimum atomic E-state index is 0.0648. The zero-order valence-electron chi connectivity index (χ0n) is 14.0. The molecule has 1 aliphatic carbocycles. The number of thioether (sulfide) groups is 1. The third kappa shape index (κ3) is 5.24. The summed E-state index contributed by atoms with van der Waals surface area (Å²) in [5, 5.41) is 4.15. The van der Waals surface area contributed by atoms with Crippen LogP contribution in [0.1, 0.15) is 51.4 Å². The standard InChI is InChI=1S/C17H25ClN4OS/c18-14-11-15(22-9-5-2-6-10-22)21-17(20-14)24-12-16(23)19-13-7-3-1-4-8-13/h11,13H,1-10,12H2,(H,19,23). The van der Waals surface area contributed by atoms with Crippen molar-refractivity contribution < 1.29 is 4.79 Å². The fourth-order valence-corrected chi connectivity index (χ4v) is 4.27. The minimum absolute atomic E-state index is 0.0648. The zero-order chi connectivity index (χ0) is 16.8. The Labute approximate surface area is 153 Å². The summed E-state index contributed by atoms with van der Waals surface area (Å²) >= 11 is 7.51. The topological polar surface area (TPSA) is 58.1 Å². The van der Waals surface area contributed by atoms with Crippen LogP contribution in [0.15, 0.2) is 11.2 Å². The highest BCUT2D eigenvalue weighted by Gasteiger charge is 2.17. The summed E-state index contributed by atoms with van der Waals surface area (Å²) < 4.78 is 0. The second-order valence-electron chi connectivity index (χ2n) is 6.57. The van der Waals surface area contributed by atoms with E-state index in [1.54, 1.807) is 0 Å². The molecule has 0 spiro atoms. The monoisotopic (exact) mass is 368 g/mol. The Balaban J connectivity index is 1.54. The predicted molar refractivity (Wildman–Crippen MR) is 98.8 cm³/mol. The average molecular weight is 369 g/mol. The number of amides is 1. The van der Waals surface area contributed by atoms with E-state index in [0.29, 0.717) is 22.1 Å². The molecule has 0 aromatic carbocycles. The maximum absolute atomic E-state index is 12.1. The second-order valence-corrected chi connectivity index (χ2v) is 7.90. The number of carbonyl (C=O) groups is 1. The first-order valence-corrected chi connectivity index (χ1v) is 10.3. The number of aromatic nitrogens is 2. The molecule has 0 unspecified atom stereocenters. The summed E-state index contributed by atoms with van der Waals surface area (Å²) in [4.78, 5) is 23.2. The van der Waals surface area contributed by atoms with Gasteiger partial charge in [-0.1, -0.05) is 42.6 Å². The molecule has 5 nitrogen and oxygen atoms in total. The summed E-state index contributed by atoms with van der Waals surface area (Å²) in [6, 6.07) is 2.16. The molecule has 2 fully saturated rings. The largest absolute Gasteiger partial charge is 0.356 e. The van der Waals surface area contributed by atoms with Gasteiger partial charge < -0.3 is 10.2 Å². The molecule has 1 amide bonds. The zero-order valence-corrected chi connectivity index (χ0v) is 15.5. The third-order valence-corrected chi connectivity index (χ3v) is 5.68. The van der Waals surface area contributed by atoms with Crippen molar-refractivity contribution in [2.24, 2.45) is 0 Å². The first kappa shape index (κ1) is 17.8. The number of hydrogen-bond donors (Lipinski definition) is 1. The van der Waals surface area contributed by atoms with Gasteiger partial charge in [-0.25, -0.2) is 9.97 Å². The fourth-order valence-electron chi connectivity index (χ4n) is 3.38. The molecule has 3 rings (SSSR count). The lowest BCUT2D eigenvalue weighted by Gasteiger charge is -2.27. The van der Waals surface area contributed by atoms with Crippen LogP contribution in [0.2, 0.25) is 5.15 Å². The van der Waals surface area contributed by atoms with Crippen LogP contribution in [0.3, 0.4) is 0 Å². The van der Waals surface area contributed by atoms with Gasteiger partial charge in [0.2, 0.25) is 5.91 Å². The fraction of sp³-hybridized carbons (Fsp3) is 0.706. The number of anilines is 1. The van der Waals surface area contributed by atoms with Crippen molar-refractivity contribution >= 4 is 35.1 Å². The first-order chi connectivity index (χ1) is 11.7. The SMILES string of the molecule is O=C(CSc1nc(Cl)cc(N2CCCCC2)n1)NC1CCCCC1. The van der Waals surface area contributed by atoms with Crippen LogP contribution in [-0.4, -0.2) is 40.8 Å². The van der Waals surface area contributed by atoms with Crippen molar-refractivity contribution in [3.8, 4) is 0 Å². The maximum Gasteiger partial charge on any atom is 0.230 e. The average Bonchev–Trinajstić information content (AvgIpc) is 2.61. The molecule has 1 saturated heterocycles. The second kappa shape index (κ2) is 8.90. The molecule has 0 radical (unpaired) electrons. The van der Waals surface area contributed by atoms with Crippen molar-refractivity contribution in [3.05, 3.63) is 11.2 Å². The lowest BCUT2D eigenvalue weighted by Crippen LogP contribution is -2.37. The molecule has 0 atom stereocenters. The van der Waals surface area contributed by atoms with Gasteiger partial charge in [0.15, 0.2) is 5.16 Å². The molecular weight excluding hydrogens is 344 g/mol. The maximum atomic E-state index is 12.1. The Morgan fingerprint density at radius 2 is 1.88 bits per heavy atom. The third-order valence-electron chi connectivity index (χ3n) is 4.64. The highest BCUT2D eigenvalue weighted by molar-refractivity contribution is 7.99. The molecule has 1 aromatic heterocycles. The van der Waals surface area contributed by atoms with Crippen molar-refractivity contribution in [3.63, 3.8) is 0 Å². The van der Waals surface area contributed by atoms with Gasteiger partial charge in [0, 0.05) is 25.2 Å². The van der Waals surface area contributed by atoms with Crippen molar-refractivity contribution in [2.45, 2.75) is 62.6 Å². The molecule has 0 bridgehead atoms. The van der Waals surface area contributed by atoms with Crippen LogP contribution in [-0.2, 0) is 4.79 Å². The molecule has 1 aliphatic heterocycles. The Kier molecular flexibility index (Phi) is 6.60. The smallest absolute Gasteiger partial charge is 0.230 e. The van der Waals surface area contributed by atoms with E-state index in [2.05, 4.69) is 20.2 Å². The van der Waals surface area contributed by atoms with Gasteiger partial charge in [-0.2, -0.15) is 0 Å². The van der Waals surface area contributed by atoms with Gasteiger partial charge in [-0.3, -0.25) is 4.79 Å². The van der Waals surface area contributed by atoms with E-state index in [4.69, 9.17) is 11.6 Å². The minimum Gasteiger partial charge on any atom is -0.356 e.